The summed E-state index contributed by atoms with van der Waals surface area (Å²) in [5, 5.41) is 13.7. The van der Waals surface area contributed by atoms with E-state index in [2.05, 4.69) is 29.1 Å². The third kappa shape index (κ3) is 5.33. The van der Waals surface area contributed by atoms with E-state index in [0.717, 1.165) is 22.9 Å². The molecule has 0 fully saturated rings. The monoisotopic (exact) mass is 269 g/mol. The Labute approximate surface area is 114 Å². The molecular formula is C13H23N3OS. The molecule has 5 heteroatoms. The number of hydrogen-bond acceptors (Lipinski definition) is 5. The fourth-order valence-corrected chi connectivity index (χ4v) is 2.71. The lowest BCUT2D eigenvalue weighted by molar-refractivity contribution is 0.162. The van der Waals surface area contributed by atoms with Gasteiger partial charge in [-0.2, -0.15) is 0 Å². The Morgan fingerprint density at radius 1 is 1.39 bits per heavy atom. The number of thioether (sulfide) groups is 1. The number of rotatable bonds is 7. The van der Waals surface area contributed by atoms with E-state index in [1.165, 1.54) is 0 Å². The summed E-state index contributed by atoms with van der Waals surface area (Å²) < 4.78 is 0. The molecule has 1 atom stereocenters. The van der Waals surface area contributed by atoms with E-state index in [1.54, 1.807) is 11.8 Å². The first-order valence-electron chi connectivity index (χ1n) is 6.25. The average molecular weight is 269 g/mol. The molecular weight excluding hydrogens is 246 g/mol. The van der Waals surface area contributed by atoms with E-state index in [1.807, 2.05) is 26.2 Å². The minimum Gasteiger partial charge on any atom is -0.394 e. The van der Waals surface area contributed by atoms with Crippen molar-refractivity contribution >= 4 is 11.8 Å². The molecule has 1 unspecified atom stereocenters. The number of nitrogens with one attached hydrogen (secondary N) is 1. The van der Waals surface area contributed by atoms with Crippen molar-refractivity contribution < 1.29 is 5.11 Å². The summed E-state index contributed by atoms with van der Waals surface area (Å²) >= 11 is 1.63. The predicted molar refractivity (Wildman–Crippen MR) is 75.9 cm³/mol. The summed E-state index contributed by atoms with van der Waals surface area (Å²) in [5.74, 6) is 0.889. The summed E-state index contributed by atoms with van der Waals surface area (Å²) in [7, 11) is 0. The first kappa shape index (κ1) is 15.4. The van der Waals surface area contributed by atoms with Crippen LogP contribution in [0.25, 0.3) is 0 Å². The molecule has 2 N–H and O–H groups in total. The van der Waals surface area contributed by atoms with Crippen LogP contribution in [0.15, 0.2) is 17.6 Å². The van der Waals surface area contributed by atoms with Crippen LogP contribution in [0, 0.1) is 6.92 Å². The van der Waals surface area contributed by atoms with Gasteiger partial charge in [-0.3, -0.25) is 0 Å². The Balaban J connectivity index is 2.41. The van der Waals surface area contributed by atoms with Gasteiger partial charge in [0, 0.05) is 29.7 Å². The Morgan fingerprint density at radius 2 is 2.00 bits per heavy atom. The van der Waals surface area contributed by atoms with E-state index in [9.17, 15) is 5.11 Å². The summed E-state index contributed by atoms with van der Waals surface area (Å²) in [6.07, 6.45) is 4.53. The molecule has 1 aromatic heterocycles. The highest BCUT2D eigenvalue weighted by atomic mass is 32.2. The Bertz CT molecular complexity index is 356. The van der Waals surface area contributed by atoms with Crippen LogP contribution in [0.4, 0.5) is 0 Å². The van der Waals surface area contributed by atoms with Gasteiger partial charge in [0.1, 0.15) is 0 Å². The second-order valence-corrected chi connectivity index (χ2v) is 6.22. The molecule has 4 nitrogen and oxygen atoms in total. The van der Waals surface area contributed by atoms with Gasteiger partial charge >= 0.3 is 0 Å². The quantitative estimate of drug-likeness (QED) is 0.586. The van der Waals surface area contributed by atoms with E-state index < -0.39 is 0 Å². The van der Waals surface area contributed by atoms with Gasteiger partial charge in [-0.05, 0) is 25.8 Å². The zero-order valence-corrected chi connectivity index (χ0v) is 12.4. The molecule has 0 aliphatic rings. The third-order valence-electron chi connectivity index (χ3n) is 2.63. The van der Waals surface area contributed by atoms with Crippen LogP contribution in [0.1, 0.15) is 32.8 Å². The third-order valence-corrected chi connectivity index (χ3v) is 3.51. The zero-order chi connectivity index (χ0) is 13.6. The minimum absolute atomic E-state index is 0.139. The lowest BCUT2D eigenvalue weighted by Crippen LogP contribution is -2.49. The molecule has 1 heterocycles. The molecule has 1 aromatic rings. The molecule has 0 aromatic carbocycles. The van der Waals surface area contributed by atoms with Crippen molar-refractivity contribution in [3.63, 3.8) is 0 Å². The van der Waals surface area contributed by atoms with Crippen LogP contribution in [0.2, 0.25) is 0 Å². The van der Waals surface area contributed by atoms with E-state index in [0.29, 0.717) is 6.04 Å². The maximum atomic E-state index is 9.46. The molecule has 18 heavy (non-hydrogen) atoms. The number of nitrogens with zero attached hydrogens (tertiary/aromatic N) is 2. The molecule has 0 radical (unpaired) electrons. The van der Waals surface area contributed by atoms with Crippen LogP contribution in [0.5, 0.6) is 0 Å². The minimum atomic E-state index is -0.230. The van der Waals surface area contributed by atoms with Gasteiger partial charge in [-0.25, -0.2) is 9.97 Å². The number of aromatic nitrogens is 2. The van der Waals surface area contributed by atoms with Gasteiger partial charge < -0.3 is 10.4 Å². The van der Waals surface area contributed by atoms with E-state index >= 15 is 0 Å². The maximum Gasteiger partial charge on any atom is 0.187 e. The number of aryl methyl sites for hydroxylation is 1. The predicted octanol–water partition coefficient (Wildman–Crippen LogP) is 2.02. The van der Waals surface area contributed by atoms with Crippen LogP contribution in [-0.4, -0.2) is 39.0 Å². The Kier molecular flexibility index (Phi) is 6.05. The van der Waals surface area contributed by atoms with Gasteiger partial charge in [0.15, 0.2) is 5.16 Å². The number of aliphatic hydroxyl groups is 1. The van der Waals surface area contributed by atoms with Crippen molar-refractivity contribution in [2.75, 3.05) is 12.4 Å². The lowest BCUT2D eigenvalue weighted by Gasteiger charge is -2.31. The number of aliphatic hydroxyl groups excluding tert-OH is 1. The topological polar surface area (TPSA) is 58.0 Å². The molecule has 1 rings (SSSR count). The SMILES string of the molecule is Cc1cnc(SCCC(C)(CO)NC(C)C)nc1. The zero-order valence-electron chi connectivity index (χ0n) is 11.6. The molecule has 0 amide bonds. The second-order valence-electron chi connectivity index (χ2n) is 5.16. The fraction of sp³-hybridized carbons (Fsp3) is 0.692. The van der Waals surface area contributed by atoms with Gasteiger partial charge in [0.25, 0.3) is 0 Å². The molecule has 102 valence electrons. The number of hydrogen-bond donors (Lipinski definition) is 2. The molecule has 0 bridgehead atoms. The van der Waals surface area contributed by atoms with Crippen molar-refractivity contribution in [2.24, 2.45) is 0 Å². The molecule has 0 spiro atoms. The summed E-state index contributed by atoms with van der Waals surface area (Å²) in [6.45, 7) is 8.34. The summed E-state index contributed by atoms with van der Waals surface area (Å²) in [4.78, 5) is 8.51. The average Bonchev–Trinajstić information content (AvgIpc) is 2.31. The van der Waals surface area contributed by atoms with Crippen LogP contribution >= 0.6 is 11.8 Å². The van der Waals surface area contributed by atoms with Crippen LogP contribution in [0.3, 0.4) is 0 Å². The summed E-state index contributed by atoms with van der Waals surface area (Å²) in [6, 6.07) is 0.364. The van der Waals surface area contributed by atoms with Crippen molar-refractivity contribution in [3.8, 4) is 0 Å². The van der Waals surface area contributed by atoms with Gasteiger partial charge in [0.2, 0.25) is 0 Å². The highest BCUT2D eigenvalue weighted by molar-refractivity contribution is 7.99. The van der Waals surface area contributed by atoms with Gasteiger partial charge in [-0.15, -0.1) is 0 Å². The van der Waals surface area contributed by atoms with E-state index in [4.69, 9.17) is 0 Å². The highest BCUT2D eigenvalue weighted by Crippen LogP contribution is 2.19. The van der Waals surface area contributed by atoms with Crippen molar-refractivity contribution in [2.45, 2.75) is 50.9 Å². The van der Waals surface area contributed by atoms with Gasteiger partial charge in [0.05, 0.1) is 6.61 Å². The van der Waals surface area contributed by atoms with Crippen molar-refractivity contribution in [1.82, 2.24) is 15.3 Å². The molecule has 0 saturated heterocycles. The largest absolute Gasteiger partial charge is 0.394 e. The standard InChI is InChI=1S/C13H23N3OS/c1-10(2)16-13(4,9-17)5-6-18-12-14-7-11(3)8-15-12/h7-8,10,16-17H,5-6,9H2,1-4H3. The smallest absolute Gasteiger partial charge is 0.187 e. The van der Waals surface area contributed by atoms with E-state index in [-0.39, 0.29) is 12.1 Å². The lowest BCUT2D eigenvalue weighted by atomic mass is 9.99. The Hall–Kier alpha value is -0.650. The van der Waals surface area contributed by atoms with Crippen LogP contribution in [-0.2, 0) is 0 Å². The van der Waals surface area contributed by atoms with Crippen molar-refractivity contribution in [3.05, 3.63) is 18.0 Å². The summed E-state index contributed by atoms with van der Waals surface area (Å²) in [5.41, 5.74) is 0.840. The van der Waals surface area contributed by atoms with Crippen molar-refractivity contribution in [1.29, 1.82) is 0 Å². The Morgan fingerprint density at radius 3 is 2.50 bits per heavy atom. The normalized spacial score (nSPS) is 14.8. The maximum absolute atomic E-state index is 9.46. The second kappa shape index (κ2) is 7.07. The molecule has 0 aliphatic heterocycles. The van der Waals surface area contributed by atoms with Crippen LogP contribution < -0.4 is 5.32 Å². The first-order valence-corrected chi connectivity index (χ1v) is 7.24. The fourth-order valence-electron chi connectivity index (χ4n) is 1.72. The molecule has 0 saturated carbocycles. The first-order chi connectivity index (χ1) is 8.45. The molecule has 0 aliphatic carbocycles. The highest BCUT2D eigenvalue weighted by Gasteiger charge is 2.23. The van der Waals surface area contributed by atoms with Gasteiger partial charge in [-0.1, -0.05) is 25.6 Å².